The van der Waals surface area contributed by atoms with Gasteiger partial charge in [0, 0.05) is 30.7 Å². The number of benzene rings is 2. The SMILES string of the molecule is CCOc1ccc(C(c2ccc(Br)cc2)N2CCNCC2)cc1OC. The van der Waals surface area contributed by atoms with Gasteiger partial charge in [-0.1, -0.05) is 34.1 Å². The Kier molecular flexibility index (Phi) is 6.34. The fourth-order valence-electron chi connectivity index (χ4n) is 3.33. The number of rotatable bonds is 6. The molecule has 1 saturated heterocycles. The van der Waals surface area contributed by atoms with Gasteiger partial charge in [0.1, 0.15) is 0 Å². The Morgan fingerprint density at radius 3 is 2.36 bits per heavy atom. The van der Waals surface area contributed by atoms with E-state index < -0.39 is 0 Å². The van der Waals surface area contributed by atoms with Crippen LogP contribution in [0.4, 0.5) is 0 Å². The molecule has 0 aliphatic carbocycles. The van der Waals surface area contributed by atoms with E-state index in [0.717, 1.165) is 42.2 Å². The van der Waals surface area contributed by atoms with Crippen molar-refractivity contribution in [1.29, 1.82) is 0 Å². The van der Waals surface area contributed by atoms with Gasteiger partial charge in [-0.2, -0.15) is 0 Å². The molecule has 1 aliphatic heterocycles. The number of hydrogen-bond acceptors (Lipinski definition) is 4. The number of nitrogens with zero attached hydrogens (tertiary/aromatic N) is 1. The van der Waals surface area contributed by atoms with Crippen LogP contribution < -0.4 is 14.8 Å². The molecule has 0 amide bonds. The average molecular weight is 405 g/mol. The lowest BCUT2D eigenvalue weighted by molar-refractivity contribution is 0.198. The van der Waals surface area contributed by atoms with E-state index in [0.29, 0.717) is 6.61 Å². The smallest absolute Gasteiger partial charge is 0.161 e. The Balaban J connectivity index is 1.99. The van der Waals surface area contributed by atoms with Crippen LogP contribution in [0.25, 0.3) is 0 Å². The number of ether oxygens (including phenoxy) is 2. The maximum Gasteiger partial charge on any atom is 0.161 e. The van der Waals surface area contributed by atoms with E-state index in [4.69, 9.17) is 9.47 Å². The molecule has 4 nitrogen and oxygen atoms in total. The summed E-state index contributed by atoms with van der Waals surface area (Å²) in [4.78, 5) is 2.52. The largest absolute Gasteiger partial charge is 0.493 e. The molecule has 3 rings (SSSR count). The van der Waals surface area contributed by atoms with E-state index in [9.17, 15) is 0 Å². The van der Waals surface area contributed by atoms with Gasteiger partial charge in [0.2, 0.25) is 0 Å². The van der Waals surface area contributed by atoms with Gasteiger partial charge < -0.3 is 14.8 Å². The van der Waals surface area contributed by atoms with Crippen LogP contribution in [0, 0.1) is 0 Å². The summed E-state index contributed by atoms with van der Waals surface area (Å²) in [7, 11) is 1.70. The van der Waals surface area contributed by atoms with Crippen LogP contribution in [0.2, 0.25) is 0 Å². The van der Waals surface area contributed by atoms with Gasteiger partial charge in [-0.15, -0.1) is 0 Å². The van der Waals surface area contributed by atoms with Gasteiger partial charge >= 0.3 is 0 Å². The minimum Gasteiger partial charge on any atom is -0.493 e. The van der Waals surface area contributed by atoms with Crippen LogP contribution in [0.5, 0.6) is 11.5 Å². The van der Waals surface area contributed by atoms with E-state index in [1.54, 1.807) is 7.11 Å². The Hall–Kier alpha value is -1.56. The van der Waals surface area contributed by atoms with Crippen LogP contribution >= 0.6 is 15.9 Å². The van der Waals surface area contributed by atoms with Crippen LogP contribution in [-0.4, -0.2) is 44.8 Å². The number of piperazine rings is 1. The Morgan fingerprint density at radius 1 is 1.04 bits per heavy atom. The Labute approximate surface area is 158 Å². The first kappa shape index (κ1) is 18.2. The highest BCUT2D eigenvalue weighted by Crippen LogP contribution is 2.35. The average Bonchev–Trinajstić information content (AvgIpc) is 2.65. The molecule has 1 fully saturated rings. The number of hydrogen-bond donors (Lipinski definition) is 1. The highest BCUT2D eigenvalue weighted by Gasteiger charge is 2.25. The maximum atomic E-state index is 5.67. The third-order valence-electron chi connectivity index (χ3n) is 4.51. The molecule has 0 saturated carbocycles. The van der Waals surface area contributed by atoms with Gasteiger partial charge in [0.05, 0.1) is 19.8 Å². The number of methoxy groups -OCH3 is 1. The summed E-state index contributed by atoms with van der Waals surface area (Å²) in [6.07, 6.45) is 0. The third kappa shape index (κ3) is 4.35. The van der Waals surface area contributed by atoms with Crippen molar-refractivity contribution in [1.82, 2.24) is 10.2 Å². The zero-order valence-corrected chi connectivity index (χ0v) is 16.4. The molecule has 2 aromatic rings. The molecule has 134 valence electrons. The second kappa shape index (κ2) is 8.70. The van der Waals surface area contributed by atoms with Gasteiger partial charge in [0.15, 0.2) is 11.5 Å². The van der Waals surface area contributed by atoms with Crippen molar-refractivity contribution >= 4 is 15.9 Å². The fourth-order valence-corrected chi connectivity index (χ4v) is 3.59. The lowest BCUT2D eigenvalue weighted by atomic mass is 9.96. The minimum atomic E-state index is 0.208. The molecule has 25 heavy (non-hydrogen) atoms. The molecular weight excluding hydrogens is 380 g/mol. The van der Waals surface area contributed by atoms with Crippen molar-refractivity contribution < 1.29 is 9.47 Å². The van der Waals surface area contributed by atoms with Crippen LogP contribution in [0.3, 0.4) is 0 Å². The molecular formula is C20H25BrN2O2. The predicted molar refractivity (Wildman–Crippen MR) is 105 cm³/mol. The first-order valence-corrected chi connectivity index (χ1v) is 9.53. The molecule has 0 bridgehead atoms. The van der Waals surface area contributed by atoms with Crippen molar-refractivity contribution in [2.24, 2.45) is 0 Å². The number of nitrogens with one attached hydrogen (secondary N) is 1. The van der Waals surface area contributed by atoms with E-state index in [1.807, 2.05) is 13.0 Å². The minimum absolute atomic E-state index is 0.208. The lowest BCUT2D eigenvalue weighted by Gasteiger charge is -2.35. The van der Waals surface area contributed by atoms with Gasteiger partial charge in [-0.25, -0.2) is 0 Å². The predicted octanol–water partition coefficient (Wildman–Crippen LogP) is 3.85. The van der Waals surface area contributed by atoms with E-state index in [-0.39, 0.29) is 6.04 Å². The van der Waals surface area contributed by atoms with Gasteiger partial charge in [-0.05, 0) is 42.3 Å². The quantitative estimate of drug-likeness (QED) is 0.792. The molecule has 1 unspecified atom stereocenters. The summed E-state index contributed by atoms with van der Waals surface area (Å²) in [6.45, 7) is 6.69. The third-order valence-corrected chi connectivity index (χ3v) is 5.03. The lowest BCUT2D eigenvalue weighted by Crippen LogP contribution is -2.45. The van der Waals surface area contributed by atoms with Crippen LogP contribution in [0.15, 0.2) is 46.9 Å². The molecule has 0 spiro atoms. The van der Waals surface area contributed by atoms with Gasteiger partial charge in [-0.3, -0.25) is 4.90 Å². The van der Waals surface area contributed by atoms with E-state index in [1.165, 1.54) is 11.1 Å². The highest BCUT2D eigenvalue weighted by molar-refractivity contribution is 9.10. The van der Waals surface area contributed by atoms with Crippen molar-refractivity contribution in [3.63, 3.8) is 0 Å². The normalized spacial score (nSPS) is 16.4. The first-order valence-electron chi connectivity index (χ1n) is 8.74. The molecule has 0 radical (unpaired) electrons. The van der Waals surface area contributed by atoms with E-state index in [2.05, 4.69) is 62.5 Å². The monoisotopic (exact) mass is 404 g/mol. The zero-order valence-electron chi connectivity index (χ0n) is 14.8. The molecule has 2 aromatic carbocycles. The van der Waals surface area contributed by atoms with Gasteiger partial charge in [0.25, 0.3) is 0 Å². The highest BCUT2D eigenvalue weighted by atomic mass is 79.9. The van der Waals surface area contributed by atoms with Crippen molar-refractivity contribution in [2.45, 2.75) is 13.0 Å². The van der Waals surface area contributed by atoms with E-state index >= 15 is 0 Å². The summed E-state index contributed by atoms with van der Waals surface area (Å²) in [5.41, 5.74) is 2.51. The Bertz CT molecular complexity index is 685. The zero-order chi connectivity index (χ0) is 17.6. The van der Waals surface area contributed by atoms with Crippen molar-refractivity contribution in [3.8, 4) is 11.5 Å². The maximum absolute atomic E-state index is 5.67. The summed E-state index contributed by atoms with van der Waals surface area (Å²) < 4.78 is 12.3. The summed E-state index contributed by atoms with van der Waals surface area (Å²) in [5, 5.41) is 3.44. The molecule has 5 heteroatoms. The van der Waals surface area contributed by atoms with Crippen molar-refractivity contribution in [3.05, 3.63) is 58.1 Å². The topological polar surface area (TPSA) is 33.7 Å². The summed E-state index contributed by atoms with van der Waals surface area (Å²) >= 11 is 3.54. The Morgan fingerprint density at radius 2 is 1.72 bits per heavy atom. The van der Waals surface area contributed by atoms with Crippen LogP contribution in [0.1, 0.15) is 24.1 Å². The second-order valence-electron chi connectivity index (χ2n) is 6.08. The second-order valence-corrected chi connectivity index (χ2v) is 7.00. The molecule has 0 aromatic heterocycles. The molecule has 1 atom stereocenters. The van der Waals surface area contributed by atoms with Crippen molar-refractivity contribution in [2.75, 3.05) is 39.9 Å². The fraction of sp³-hybridized carbons (Fsp3) is 0.400. The standard InChI is InChI=1S/C20H25BrN2O2/c1-3-25-18-9-6-16(14-19(18)24-2)20(23-12-10-22-11-13-23)15-4-7-17(21)8-5-15/h4-9,14,20,22H,3,10-13H2,1-2H3. The van der Waals surface area contributed by atoms with Crippen LogP contribution in [-0.2, 0) is 0 Å². The molecule has 1 N–H and O–H groups in total. The summed E-state index contributed by atoms with van der Waals surface area (Å²) in [5.74, 6) is 1.58. The molecule has 1 heterocycles. The molecule has 1 aliphatic rings. The number of halogens is 1. The first-order chi connectivity index (χ1) is 12.2. The summed E-state index contributed by atoms with van der Waals surface area (Å²) in [6, 6.07) is 15.1.